The SMILES string of the molecule is CCC1CCC(CNC2CCC(CC)C2)CC1. The Morgan fingerprint density at radius 3 is 1.94 bits per heavy atom. The molecule has 0 radical (unpaired) electrons. The number of nitrogens with one attached hydrogen (secondary N) is 1. The van der Waals surface area contributed by atoms with Gasteiger partial charge in [0.25, 0.3) is 0 Å². The maximum absolute atomic E-state index is 3.85. The minimum atomic E-state index is 0.851. The third-order valence-electron chi connectivity index (χ3n) is 5.36. The van der Waals surface area contributed by atoms with Gasteiger partial charge in [0.15, 0.2) is 0 Å². The third-order valence-corrected chi connectivity index (χ3v) is 5.36. The van der Waals surface area contributed by atoms with Crippen molar-refractivity contribution in [2.24, 2.45) is 17.8 Å². The average Bonchev–Trinajstić information content (AvgIpc) is 2.85. The topological polar surface area (TPSA) is 12.0 Å². The van der Waals surface area contributed by atoms with Crippen LogP contribution >= 0.6 is 0 Å². The molecule has 2 fully saturated rings. The molecule has 0 aromatic carbocycles. The second-order valence-corrected chi connectivity index (χ2v) is 6.49. The highest BCUT2D eigenvalue weighted by Gasteiger charge is 2.25. The Hall–Kier alpha value is -0.0400. The first-order valence-corrected chi connectivity index (χ1v) is 8.05. The van der Waals surface area contributed by atoms with Crippen LogP contribution in [-0.2, 0) is 0 Å². The highest BCUT2D eigenvalue weighted by molar-refractivity contribution is 4.82. The van der Waals surface area contributed by atoms with Gasteiger partial charge in [-0.15, -0.1) is 0 Å². The number of rotatable bonds is 5. The average molecular weight is 237 g/mol. The molecule has 2 rings (SSSR count). The van der Waals surface area contributed by atoms with Crippen molar-refractivity contribution in [2.45, 2.75) is 77.7 Å². The van der Waals surface area contributed by atoms with Crippen LogP contribution in [-0.4, -0.2) is 12.6 Å². The van der Waals surface area contributed by atoms with Gasteiger partial charge in [-0.2, -0.15) is 0 Å². The summed E-state index contributed by atoms with van der Waals surface area (Å²) in [6.07, 6.45) is 13.1. The van der Waals surface area contributed by atoms with Gasteiger partial charge in [-0.05, 0) is 56.4 Å². The fourth-order valence-electron chi connectivity index (χ4n) is 3.81. The highest BCUT2D eigenvalue weighted by atomic mass is 14.9. The first-order chi connectivity index (χ1) is 8.31. The molecule has 1 N–H and O–H groups in total. The third kappa shape index (κ3) is 3.98. The normalized spacial score (nSPS) is 38.5. The molecule has 2 aliphatic rings. The maximum atomic E-state index is 3.85. The van der Waals surface area contributed by atoms with Crippen LogP contribution < -0.4 is 5.32 Å². The van der Waals surface area contributed by atoms with E-state index in [0.29, 0.717) is 0 Å². The van der Waals surface area contributed by atoms with Crippen molar-refractivity contribution in [3.63, 3.8) is 0 Å². The van der Waals surface area contributed by atoms with Crippen molar-refractivity contribution in [1.29, 1.82) is 0 Å². The molecule has 2 atom stereocenters. The van der Waals surface area contributed by atoms with Crippen LogP contribution in [0.5, 0.6) is 0 Å². The first-order valence-electron chi connectivity index (χ1n) is 8.05. The molecule has 0 bridgehead atoms. The number of hydrogen-bond acceptors (Lipinski definition) is 1. The lowest BCUT2D eigenvalue weighted by atomic mass is 9.81. The van der Waals surface area contributed by atoms with Gasteiger partial charge < -0.3 is 5.32 Å². The second kappa shape index (κ2) is 6.78. The lowest BCUT2D eigenvalue weighted by molar-refractivity contribution is 0.256. The van der Waals surface area contributed by atoms with Crippen molar-refractivity contribution in [2.75, 3.05) is 6.54 Å². The van der Waals surface area contributed by atoms with Crippen molar-refractivity contribution >= 4 is 0 Å². The van der Waals surface area contributed by atoms with Gasteiger partial charge >= 0.3 is 0 Å². The van der Waals surface area contributed by atoms with Gasteiger partial charge in [0.2, 0.25) is 0 Å². The molecule has 0 amide bonds. The van der Waals surface area contributed by atoms with Gasteiger partial charge in [-0.3, -0.25) is 0 Å². The second-order valence-electron chi connectivity index (χ2n) is 6.49. The van der Waals surface area contributed by atoms with Gasteiger partial charge in [0, 0.05) is 6.04 Å². The number of hydrogen-bond donors (Lipinski definition) is 1. The molecular formula is C16H31N. The molecule has 0 aromatic rings. The fraction of sp³-hybridized carbons (Fsp3) is 1.00. The van der Waals surface area contributed by atoms with E-state index in [1.54, 1.807) is 0 Å². The van der Waals surface area contributed by atoms with E-state index in [0.717, 1.165) is 23.8 Å². The van der Waals surface area contributed by atoms with E-state index in [-0.39, 0.29) is 0 Å². The van der Waals surface area contributed by atoms with Gasteiger partial charge in [0.1, 0.15) is 0 Å². The summed E-state index contributed by atoms with van der Waals surface area (Å²) in [4.78, 5) is 0. The minimum Gasteiger partial charge on any atom is -0.314 e. The van der Waals surface area contributed by atoms with Crippen LogP contribution in [0, 0.1) is 17.8 Å². The lowest BCUT2D eigenvalue weighted by Crippen LogP contribution is -2.33. The molecule has 17 heavy (non-hydrogen) atoms. The Labute approximate surface area is 108 Å². The summed E-state index contributed by atoms with van der Waals surface area (Å²) in [7, 11) is 0. The predicted molar refractivity (Wildman–Crippen MR) is 75.2 cm³/mol. The van der Waals surface area contributed by atoms with E-state index in [2.05, 4.69) is 19.2 Å². The zero-order chi connectivity index (χ0) is 12.1. The zero-order valence-corrected chi connectivity index (χ0v) is 11.9. The molecule has 1 nitrogen and oxygen atoms in total. The molecule has 0 aliphatic heterocycles. The van der Waals surface area contributed by atoms with E-state index in [1.165, 1.54) is 64.3 Å². The molecule has 0 heterocycles. The summed E-state index contributed by atoms with van der Waals surface area (Å²) in [5, 5.41) is 3.85. The molecule has 0 aromatic heterocycles. The Bertz CT molecular complexity index is 206. The van der Waals surface area contributed by atoms with Gasteiger partial charge in [-0.25, -0.2) is 0 Å². The Morgan fingerprint density at radius 2 is 1.35 bits per heavy atom. The summed E-state index contributed by atoms with van der Waals surface area (Å²) in [5.41, 5.74) is 0. The summed E-state index contributed by atoms with van der Waals surface area (Å²) < 4.78 is 0. The van der Waals surface area contributed by atoms with Crippen LogP contribution in [0.15, 0.2) is 0 Å². The van der Waals surface area contributed by atoms with E-state index in [4.69, 9.17) is 0 Å². The fourth-order valence-corrected chi connectivity index (χ4v) is 3.81. The smallest absolute Gasteiger partial charge is 0.00699 e. The Kier molecular flexibility index (Phi) is 5.34. The van der Waals surface area contributed by atoms with E-state index in [9.17, 15) is 0 Å². The van der Waals surface area contributed by atoms with Crippen molar-refractivity contribution in [3.05, 3.63) is 0 Å². The van der Waals surface area contributed by atoms with E-state index in [1.807, 2.05) is 0 Å². The van der Waals surface area contributed by atoms with Crippen molar-refractivity contribution in [3.8, 4) is 0 Å². The monoisotopic (exact) mass is 237 g/mol. The molecular weight excluding hydrogens is 206 g/mol. The van der Waals surface area contributed by atoms with Crippen molar-refractivity contribution in [1.82, 2.24) is 5.32 Å². The molecule has 2 aliphatic carbocycles. The maximum Gasteiger partial charge on any atom is 0.00699 e. The zero-order valence-electron chi connectivity index (χ0n) is 11.9. The first kappa shape index (κ1) is 13.4. The lowest BCUT2D eigenvalue weighted by Gasteiger charge is -2.29. The minimum absolute atomic E-state index is 0.851. The quantitative estimate of drug-likeness (QED) is 0.748. The molecule has 2 unspecified atom stereocenters. The van der Waals surface area contributed by atoms with Crippen LogP contribution in [0.25, 0.3) is 0 Å². The Balaban J connectivity index is 1.60. The van der Waals surface area contributed by atoms with Crippen LogP contribution in [0.1, 0.15) is 71.6 Å². The molecule has 0 saturated heterocycles. The van der Waals surface area contributed by atoms with Crippen LogP contribution in [0.3, 0.4) is 0 Å². The molecule has 100 valence electrons. The van der Waals surface area contributed by atoms with Crippen LogP contribution in [0.4, 0.5) is 0 Å². The molecule has 1 heteroatoms. The molecule has 0 spiro atoms. The largest absolute Gasteiger partial charge is 0.314 e. The van der Waals surface area contributed by atoms with E-state index < -0.39 is 0 Å². The highest BCUT2D eigenvalue weighted by Crippen LogP contribution is 2.31. The van der Waals surface area contributed by atoms with Gasteiger partial charge in [-0.1, -0.05) is 39.5 Å². The standard InChI is InChI=1S/C16H31N/c1-3-13-5-7-15(8-6-13)12-17-16-10-9-14(4-2)11-16/h13-17H,3-12H2,1-2H3. The van der Waals surface area contributed by atoms with Crippen molar-refractivity contribution < 1.29 is 0 Å². The van der Waals surface area contributed by atoms with E-state index >= 15 is 0 Å². The van der Waals surface area contributed by atoms with Crippen LogP contribution in [0.2, 0.25) is 0 Å². The van der Waals surface area contributed by atoms with Gasteiger partial charge in [0.05, 0.1) is 0 Å². The summed E-state index contributed by atoms with van der Waals surface area (Å²) in [5.74, 6) is 3.05. The predicted octanol–water partition coefficient (Wildman–Crippen LogP) is 4.37. The summed E-state index contributed by atoms with van der Waals surface area (Å²) >= 11 is 0. The summed E-state index contributed by atoms with van der Waals surface area (Å²) in [6, 6.07) is 0.851. The molecule has 2 saturated carbocycles. The Morgan fingerprint density at radius 1 is 0.765 bits per heavy atom. The summed E-state index contributed by atoms with van der Waals surface area (Å²) in [6.45, 7) is 6.00.